The minimum Gasteiger partial charge on any atom is -0.495 e. The molecule has 7 heteroatoms. The molecule has 1 aliphatic heterocycles. The fourth-order valence-electron chi connectivity index (χ4n) is 4.08. The molecule has 1 aliphatic rings. The molecule has 3 heterocycles. The molecule has 30 heavy (non-hydrogen) atoms. The van der Waals surface area contributed by atoms with Gasteiger partial charge in [-0.05, 0) is 48.4 Å². The molecule has 0 amide bonds. The van der Waals surface area contributed by atoms with Gasteiger partial charge in [0.25, 0.3) is 0 Å². The van der Waals surface area contributed by atoms with Gasteiger partial charge in [-0.3, -0.25) is 0 Å². The number of fused-ring (bicyclic) bond motifs is 2. The highest BCUT2D eigenvalue weighted by Gasteiger charge is 2.27. The third kappa shape index (κ3) is 2.85. The molecule has 0 fully saturated rings. The van der Waals surface area contributed by atoms with Gasteiger partial charge in [0.1, 0.15) is 35.3 Å². The first-order chi connectivity index (χ1) is 14.6. The number of nitrogens with zero attached hydrogens (tertiary/aromatic N) is 3. The number of halogens is 1. The van der Waals surface area contributed by atoms with E-state index in [0.29, 0.717) is 24.5 Å². The van der Waals surface area contributed by atoms with Crippen molar-refractivity contribution in [1.29, 1.82) is 5.26 Å². The number of hydrogen-bond donors (Lipinski definition) is 1. The summed E-state index contributed by atoms with van der Waals surface area (Å²) in [5, 5.41) is 10.2. The van der Waals surface area contributed by atoms with Gasteiger partial charge in [0, 0.05) is 23.6 Å². The normalized spacial score (nSPS) is 15.7. The molecule has 1 atom stereocenters. The molecule has 0 radical (unpaired) electrons. The number of ether oxygens (including phenoxy) is 2. The van der Waals surface area contributed by atoms with Crippen molar-refractivity contribution in [3.05, 3.63) is 70.9 Å². The van der Waals surface area contributed by atoms with E-state index in [1.807, 2.05) is 25.3 Å². The molecule has 0 saturated heterocycles. The fraction of sp³-hybridized carbons (Fsp3) is 0.217. The van der Waals surface area contributed by atoms with E-state index >= 15 is 0 Å². The summed E-state index contributed by atoms with van der Waals surface area (Å²) in [5.41, 5.74) is 4.70. The van der Waals surface area contributed by atoms with Crippen molar-refractivity contribution in [3.8, 4) is 23.2 Å². The van der Waals surface area contributed by atoms with Gasteiger partial charge in [-0.1, -0.05) is 6.07 Å². The van der Waals surface area contributed by atoms with Crippen LogP contribution in [-0.4, -0.2) is 28.3 Å². The highest BCUT2D eigenvalue weighted by molar-refractivity contribution is 5.92. The third-order valence-electron chi connectivity index (χ3n) is 5.53. The first kappa shape index (κ1) is 18.4. The Morgan fingerprint density at radius 2 is 2.17 bits per heavy atom. The first-order valence-corrected chi connectivity index (χ1v) is 9.64. The van der Waals surface area contributed by atoms with Crippen LogP contribution in [0.15, 0.2) is 42.6 Å². The molecular formula is C23H19FN4O2. The minimum absolute atomic E-state index is 0.264. The van der Waals surface area contributed by atoms with Gasteiger partial charge in [0.05, 0.1) is 25.0 Å². The van der Waals surface area contributed by atoms with E-state index in [4.69, 9.17) is 14.5 Å². The van der Waals surface area contributed by atoms with E-state index in [9.17, 15) is 9.65 Å². The smallest absolute Gasteiger partial charge is 0.146 e. The van der Waals surface area contributed by atoms with Crippen molar-refractivity contribution in [2.24, 2.45) is 0 Å². The SMILES string of the molecule is COc1c(C#N)ccc2[nH]c(-c3cn4c(n3)[C@H](c3ccc(F)cc3C)OCC4)cc12. The van der Waals surface area contributed by atoms with Gasteiger partial charge in [-0.2, -0.15) is 5.26 Å². The van der Waals surface area contributed by atoms with E-state index in [0.717, 1.165) is 39.2 Å². The number of imidazole rings is 1. The second-order valence-corrected chi connectivity index (χ2v) is 7.33. The lowest BCUT2D eigenvalue weighted by Gasteiger charge is -2.25. The Bertz CT molecular complexity index is 1310. The molecule has 2 aromatic carbocycles. The summed E-state index contributed by atoms with van der Waals surface area (Å²) in [7, 11) is 1.56. The largest absolute Gasteiger partial charge is 0.495 e. The zero-order chi connectivity index (χ0) is 20.8. The van der Waals surface area contributed by atoms with Crippen LogP contribution in [0.5, 0.6) is 5.75 Å². The van der Waals surface area contributed by atoms with E-state index in [1.54, 1.807) is 19.2 Å². The van der Waals surface area contributed by atoms with Crippen LogP contribution in [0, 0.1) is 24.1 Å². The van der Waals surface area contributed by atoms with Crippen LogP contribution < -0.4 is 4.74 Å². The molecule has 150 valence electrons. The van der Waals surface area contributed by atoms with Crippen molar-refractivity contribution < 1.29 is 13.9 Å². The number of nitrogens with one attached hydrogen (secondary N) is 1. The highest BCUT2D eigenvalue weighted by atomic mass is 19.1. The van der Waals surface area contributed by atoms with Crippen molar-refractivity contribution in [1.82, 2.24) is 14.5 Å². The summed E-state index contributed by atoms with van der Waals surface area (Å²) >= 11 is 0. The predicted molar refractivity (Wildman–Crippen MR) is 110 cm³/mol. The maximum Gasteiger partial charge on any atom is 0.146 e. The minimum atomic E-state index is -0.350. The Morgan fingerprint density at radius 1 is 1.30 bits per heavy atom. The number of benzene rings is 2. The van der Waals surface area contributed by atoms with Crippen LogP contribution >= 0.6 is 0 Å². The molecule has 0 unspecified atom stereocenters. The summed E-state index contributed by atoms with van der Waals surface area (Å²) < 4.78 is 27.1. The number of methoxy groups -OCH3 is 1. The Morgan fingerprint density at radius 3 is 2.93 bits per heavy atom. The number of aromatic nitrogens is 3. The molecule has 0 saturated carbocycles. The molecule has 0 spiro atoms. The van der Waals surface area contributed by atoms with Gasteiger partial charge in [-0.15, -0.1) is 0 Å². The molecule has 6 nitrogen and oxygen atoms in total. The summed E-state index contributed by atoms with van der Waals surface area (Å²) in [6, 6.07) is 12.4. The van der Waals surface area contributed by atoms with Gasteiger partial charge in [0.15, 0.2) is 0 Å². The molecule has 0 aliphatic carbocycles. The number of rotatable bonds is 3. The topological polar surface area (TPSA) is 75.9 Å². The lowest BCUT2D eigenvalue weighted by Crippen LogP contribution is -2.23. The fourth-order valence-corrected chi connectivity index (χ4v) is 4.08. The maximum absolute atomic E-state index is 13.6. The summed E-state index contributed by atoms with van der Waals surface area (Å²) in [6.45, 7) is 3.12. The lowest BCUT2D eigenvalue weighted by molar-refractivity contribution is 0.0426. The van der Waals surface area contributed by atoms with Crippen molar-refractivity contribution in [2.45, 2.75) is 19.6 Å². The van der Waals surface area contributed by atoms with Crippen LogP contribution in [0.4, 0.5) is 4.39 Å². The third-order valence-corrected chi connectivity index (χ3v) is 5.53. The standard InChI is InChI=1S/C23H19FN4O2/c1-13-9-15(24)4-5-16(13)22-23-27-20(12-28(23)7-8-30-22)19-10-17-18(26-19)6-3-14(11-25)21(17)29-2/h3-6,9-10,12,22,26H,7-8H2,1-2H3/t22-/m0/s1. The van der Waals surface area contributed by atoms with Gasteiger partial charge in [0.2, 0.25) is 0 Å². The van der Waals surface area contributed by atoms with Crippen molar-refractivity contribution in [3.63, 3.8) is 0 Å². The Hall–Kier alpha value is -3.63. The molecule has 4 aromatic rings. The quantitative estimate of drug-likeness (QED) is 0.548. The number of hydrogen-bond acceptors (Lipinski definition) is 4. The average Bonchev–Trinajstić information content (AvgIpc) is 3.37. The number of aryl methyl sites for hydroxylation is 1. The van der Waals surface area contributed by atoms with E-state index in [2.05, 4.69) is 15.6 Å². The second-order valence-electron chi connectivity index (χ2n) is 7.33. The van der Waals surface area contributed by atoms with Crippen LogP contribution in [0.2, 0.25) is 0 Å². The van der Waals surface area contributed by atoms with Crippen LogP contribution in [-0.2, 0) is 11.3 Å². The monoisotopic (exact) mass is 402 g/mol. The van der Waals surface area contributed by atoms with Gasteiger partial charge < -0.3 is 19.0 Å². The van der Waals surface area contributed by atoms with Crippen LogP contribution in [0.25, 0.3) is 22.3 Å². The predicted octanol–water partition coefficient (Wildman–Crippen LogP) is 4.48. The summed E-state index contributed by atoms with van der Waals surface area (Å²) in [4.78, 5) is 8.21. The van der Waals surface area contributed by atoms with E-state index in [1.165, 1.54) is 12.1 Å². The van der Waals surface area contributed by atoms with Crippen LogP contribution in [0.3, 0.4) is 0 Å². The molecule has 1 N–H and O–H groups in total. The number of aromatic amines is 1. The van der Waals surface area contributed by atoms with E-state index < -0.39 is 0 Å². The highest BCUT2D eigenvalue weighted by Crippen LogP contribution is 2.36. The molecule has 0 bridgehead atoms. The maximum atomic E-state index is 13.6. The lowest BCUT2D eigenvalue weighted by atomic mass is 10.0. The van der Waals surface area contributed by atoms with Gasteiger partial charge >= 0.3 is 0 Å². The molecule has 2 aromatic heterocycles. The van der Waals surface area contributed by atoms with Crippen molar-refractivity contribution >= 4 is 10.9 Å². The Labute approximate surface area is 172 Å². The zero-order valence-electron chi connectivity index (χ0n) is 16.6. The Kier molecular flexibility index (Phi) is 4.30. The molecular weight excluding hydrogens is 383 g/mol. The average molecular weight is 402 g/mol. The van der Waals surface area contributed by atoms with Crippen LogP contribution in [0.1, 0.15) is 28.6 Å². The van der Waals surface area contributed by atoms with E-state index in [-0.39, 0.29) is 11.9 Å². The number of H-pyrrole nitrogens is 1. The second kappa shape index (κ2) is 7.01. The van der Waals surface area contributed by atoms with Crippen molar-refractivity contribution in [2.75, 3.05) is 13.7 Å². The number of nitriles is 1. The Balaban J connectivity index is 1.60. The summed E-state index contributed by atoms with van der Waals surface area (Å²) in [6.07, 6.45) is 1.64. The zero-order valence-corrected chi connectivity index (χ0v) is 16.6. The van der Waals surface area contributed by atoms with Gasteiger partial charge in [-0.25, -0.2) is 9.37 Å². The summed E-state index contributed by atoms with van der Waals surface area (Å²) in [5.74, 6) is 1.07. The molecule has 5 rings (SSSR count). The first-order valence-electron chi connectivity index (χ1n) is 9.64.